The van der Waals surface area contributed by atoms with Gasteiger partial charge in [0, 0.05) is 18.6 Å². The van der Waals surface area contributed by atoms with Crippen molar-refractivity contribution >= 4 is 5.78 Å². The van der Waals surface area contributed by atoms with E-state index in [0.29, 0.717) is 17.8 Å². The molecule has 5 heteroatoms. The second-order valence-electron chi connectivity index (χ2n) is 6.81. The Morgan fingerprint density at radius 2 is 1.88 bits per heavy atom. The van der Waals surface area contributed by atoms with Gasteiger partial charge in [-0.15, -0.1) is 0 Å². The fourth-order valence-electron chi connectivity index (χ4n) is 2.46. The number of nitrogens with zero attached hydrogens (tertiary/aromatic N) is 4. The van der Waals surface area contributed by atoms with Crippen LogP contribution in [-0.4, -0.2) is 25.5 Å². The van der Waals surface area contributed by atoms with Gasteiger partial charge in [0.25, 0.3) is 0 Å². The molecule has 0 saturated heterocycles. The van der Waals surface area contributed by atoms with Crippen LogP contribution >= 0.6 is 0 Å². The highest BCUT2D eigenvalue weighted by Crippen LogP contribution is 2.23. The Morgan fingerprint density at radius 1 is 1.12 bits per heavy atom. The third-order valence-electron chi connectivity index (χ3n) is 3.83. The van der Waals surface area contributed by atoms with E-state index in [-0.39, 0.29) is 11.2 Å². The van der Waals surface area contributed by atoms with Gasteiger partial charge in [-0.3, -0.25) is 9.48 Å². The average Bonchev–Trinajstić information content (AvgIpc) is 3.03. The molecule has 3 aromatic rings. The number of benzene rings is 1. The molecule has 122 valence electrons. The highest BCUT2D eigenvalue weighted by atomic mass is 16.1. The van der Waals surface area contributed by atoms with Gasteiger partial charge in [0.15, 0.2) is 0 Å². The summed E-state index contributed by atoms with van der Waals surface area (Å²) in [6, 6.07) is 10.2. The van der Waals surface area contributed by atoms with Crippen molar-refractivity contribution in [3.05, 3.63) is 77.6 Å². The predicted molar refractivity (Wildman–Crippen MR) is 91.9 cm³/mol. The Labute approximate surface area is 141 Å². The summed E-state index contributed by atoms with van der Waals surface area (Å²) in [5, 5.41) is 4.39. The van der Waals surface area contributed by atoms with Crippen molar-refractivity contribution in [1.29, 1.82) is 0 Å². The lowest BCUT2D eigenvalue weighted by atomic mass is 9.86. The lowest BCUT2D eigenvalue weighted by molar-refractivity contribution is 0.103. The first kappa shape index (κ1) is 16.1. The van der Waals surface area contributed by atoms with Crippen molar-refractivity contribution in [1.82, 2.24) is 19.7 Å². The first-order valence-corrected chi connectivity index (χ1v) is 7.86. The van der Waals surface area contributed by atoms with Gasteiger partial charge in [-0.1, -0.05) is 45.0 Å². The van der Waals surface area contributed by atoms with Gasteiger partial charge < -0.3 is 0 Å². The third kappa shape index (κ3) is 3.56. The zero-order chi connectivity index (χ0) is 17.2. The topological polar surface area (TPSA) is 60.7 Å². The second-order valence-corrected chi connectivity index (χ2v) is 6.81. The summed E-state index contributed by atoms with van der Waals surface area (Å²) in [6.07, 6.45) is 6.22. The van der Waals surface area contributed by atoms with E-state index < -0.39 is 0 Å². The molecule has 0 radical (unpaired) electrons. The molecule has 0 aliphatic heterocycles. The second kappa shape index (κ2) is 6.35. The van der Waals surface area contributed by atoms with E-state index in [0.717, 1.165) is 5.56 Å². The van der Waals surface area contributed by atoms with Crippen LogP contribution in [-0.2, 0) is 12.0 Å². The van der Waals surface area contributed by atoms with E-state index in [1.807, 2.05) is 6.20 Å². The minimum absolute atomic E-state index is 0.106. The number of carbonyl (C=O) groups excluding carboxylic acids is 1. The number of ketones is 1. The fraction of sp³-hybridized carbons (Fsp3) is 0.263. The van der Waals surface area contributed by atoms with E-state index in [2.05, 4.69) is 60.1 Å². The molecule has 0 atom stereocenters. The van der Waals surface area contributed by atoms with Crippen molar-refractivity contribution in [3.63, 3.8) is 0 Å². The summed E-state index contributed by atoms with van der Waals surface area (Å²) in [5.41, 5.74) is 3.39. The van der Waals surface area contributed by atoms with Crippen LogP contribution in [0, 0.1) is 0 Å². The van der Waals surface area contributed by atoms with Gasteiger partial charge in [0.05, 0.1) is 12.1 Å². The zero-order valence-corrected chi connectivity index (χ0v) is 14.1. The zero-order valence-electron chi connectivity index (χ0n) is 14.1. The van der Waals surface area contributed by atoms with Crippen LogP contribution in [0.5, 0.6) is 0 Å². The maximum absolute atomic E-state index is 12.3. The summed E-state index contributed by atoms with van der Waals surface area (Å²) >= 11 is 0. The van der Waals surface area contributed by atoms with E-state index >= 15 is 0 Å². The molecular weight excluding hydrogens is 300 g/mol. The van der Waals surface area contributed by atoms with E-state index in [1.54, 1.807) is 10.7 Å². The van der Waals surface area contributed by atoms with E-state index in [4.69, 9.17) is 0 Å². The Balaban J connectivity index is 1.79. The van der Waals surface area contributed by atoms with Crippen LogP contribution in [0.4, 0.5) is 0 Å². The molecule has 0 bridgehead atoms. The largest absolute Gasteiger partial charge is 0.287 e. The maximum atomic E-state index is 12.3. The molecule has 5 nitrogen and oxygen atoms in total. The number of hydrogen-bond acceptors (Lipinski definition) is 4. The molecule has 24 heavy (non-hydrogen) atoms. The van der Waals surface area contributed by atoms with E-state index in [9.17, 15) is 4.79 Å². The molecule has 0 fully saturated rings. The van der Waals surface area contributed by atoms with Crippen molar-refractivity contribution in [2.24, 2.45) is 0 Å². The van der Waals surface area contributed by atoms with Crippen LogP contribution in [0.2, 0.25) is 0 Å². The normalized spacial score (nSPS) is 11.5. The quantitative estimate of drug-likeness (QED) is 0.692. The number of rotatable bonds is 4. The molecule has 0 N–H and O–H groups in total. The predicted octanol–water partition coefficient (Wildman–Crippen LogP) is 3.25. The SMILES string of the molecule is CC(C)(C)c1cccc(Cn2ccc(C(=O)c3cncnc3)n2)c1. The van der Waals surface area contributed by atoms with Crippen LogP contribution in [0.1, 0.15) is 48.0 Å². The molecule has 2 aromatic heterocycles. The summed E-state index contributed by atoms with van der Waals surface area (Å²) in [7, 11) is 0. The molecular formula is C19H20N4O. The lowest BCUT2D eigenvalue weighted by Gasteiger charge is -2.19. The Hall–Kier alpha value is -2.82. The van der Waals surface area contributed by atoms with Crippen LogP contribution in [0.3, 0.4) is 0 Å². The lowest BCUT2D eigenvalue weighted by Crippen LogP contribution is -2.12. The fourth-order valence-corrected chi connectivity index (χ4v) is 2.46. The minimum Gasteiger partial charge on any atom is -0.287 e. The van der Waals surface area contributed by atoms with Gasteiger partial charge in [0.1, 0.15) is 12.0 Å². The minimum atomic E-state index is -0.169. The van der Waals surface area contributed by atoms with Crippen molar-refractivity contribution < 1.29 is 4.79 Å². The summed E-state index contributed by atoms with van der Waals surface area (Å²) < 4.78 is 1.78. The van der Waals surface area contributed by atoms with Gasteiger partial charge >= 0.3 is 0 Å². The Kier molecular flexibility index (Phi) is 4.25. The maximum Gasteiger partial charge on any atom is 0.216 e. The third-order valence-corrected chi connectivity index (χ3v) is 3.83. The Morgan fingerprint density at radius 3 is 2.58 bits per heavy atom. The monoisotopic (exact) mass is 320 g/mol. The summed E-state index contributed by atoms with van der Waals surface area (Å²) in [6.45, 7) is 7.21. The van der Waals surface area contributed by atoms with Gasteiger partial charge in [0.2, 0.25) is 5.78 Å². The van der Waals surface area contributed by atoms with Crippen molar-refractivity contribution in [3.8, 4) is 0 Å². The van der Waals surface area contributed by atoms with Crippen LogP contribution in [0.15, 0.2) is 55.2 Å². The summed E-state index contributed by atoms with van der Waals surface area (Å²) in [4.78, 5) is 20.1. The van der Waals surface area contributed by atoms with Gasteiger partial charge in [-0.2, -0.15) is 5.10 Å². The highest BCUT2D eigenvalue weighted by molar-refractivity contribution is 6.07. The molecule has 0 aliphatic rings. The molecule has 0 saturated carbocycles. The number of hydrogen-bond donors (Lipinski definition) is 0. The van der Waals surface area contributed by atoms with Crippen LogP contribution < -0.4 is 0 Å². The van der Waals surface area contributed by atoms with Crippen LogP contribution in [0.25, 0.3) is 0 Å². The Bertz CT molecular complexity index is 847. The average molecular weight is 320 g/mol. The molecule has 3 rings (SSSR count). The van der Waals surface area contributed by atoms with Gasteiger partial charge in [-0.25, -0.2) is 9.97 Å². The molecule has 2 heterocycles. The molecule has 0 spiro atoms. The first-order valence-electron chi connectivity index (χ1n) is 7.86. The highest BCUT2D eigenvalue weighted by Gasteiger charge is 2.15. The number of carbonyl (C=O) groups is 1. The van der Waals surface area contributed by atoms with Crippen molar-refractivity contribution in [2.75, 3.05) is 0 Å². The molecule has 0 amide bonds. The first-order chi connectivity index (χ1) is 11.4. The molecule has 1 aromatic carbocycles. The van der Waals surface area contributed by atoms with Crippen molar-refractivity contribution in [2.45, 2.75) is 32.7 Å². The summed E-state index contributed by atoms with van der Waals surface area (Å²) in [5.74, 6) is -0.169. The number of aromatic nitrogens is 4. The smallest absolute Gasteiger partial charge is 0.216 e. The standard InChI is InChI=1S/C19H20N4O/c1-19(2,3)16-6-4-5-14(9-16)12-23-8-7-17(22-23)18(24)15-10-20-13-21-11-15/h4-11,13H,12H2,1-3H3. The van der Waals surface area contributed by atoms with Gasteiger partial charge in [-0.05, 0) is 22.6 Å². The molecule has 0 unspecified atom stereocenters. The van der Waals surface area contributed by atoms with E-state index in [1.165, 1.54) is 24.3 Å². The molecule has 0 aliphatic carbocycles.